The Morgan fingerprint density at radius 2 is 2.03 bits per heavy atom. The first-order chi connectivity index (χ1) is 14.5. The Kier molecular flexibility index (Phi) is 5.60. The first kappa shape index (κ1) is 19.8. The van der Waals surface area contributed by atoms with Crippen molar-refractivity contribution in [1.29, 1.82) is 0 Å². The molecule has 1 amide bonds. The Balaban J connectivity index is 1.54. The number of primary amides is 1. The molecule has 1 atom stereocenters. The summed E-state index contributed by atoms with van der Waals surface area (Å²) in [5.74, 6) is -0.663. The number of carbonyl (C=O) groups excluding carboxylic acids is 1. The molecule has 0 aliphatic carbocycles. The van der Waals surface area contributed by atoms with E-state index in [1.807, 2.05) is 12.1 Å². The Morgan fingerprint density at radius 1 is 1.23 bits per heavy atom. The summed E-state index contributed by atoms with van der Waals surface area (Å²) in [6.07, 6.45) is 5.52. The standard InChI is InChI=1S/C21H23FN6O2/c1-30-18-10-14(4-6-16(18)22)13-28-25-12-17(26-28)20(21(23)29)15-5-7-19(24-11-15)27-8-2-3-9-27/h4-7,10-12,20H,2-3,8-9,13H2,1H3,(H2,23,29). The SMILES string of the molecule is COc1cc(Cn2ncc(C(C(N)=O)c3ccc(N4CCCC4)nc3)n2)ccc1F. The zero-order valence-electron chi connectivity index (χ0n) is 16.7. The van der Waals surface area contributed by atoms with E-state index in [4.69, 9.17) is 10.5 Å². The van der Waals surface area contributed by atoms with Gasteiger partial charge in [0.05, 0.1) is 25.5 Å². The summed E-state index contributed by atoms with van der Waals surface area (Å²) in [5.41, 5.74) is 7.54. The predicted molar refractivity (Wildman–Crippen MR) is 109 cm³/mol. The number of carbonyl (C=O) groups is 1. The molecule has 0 spiro atoms. The highest BCUT2D eigenvalue weighted by Gasteiger charge is 2.25. The number of nitrogens with two attached hydrogens (primary N) is 1. The topological polar surface area (TPSA) is 99.2 Å². The molecule has 0 saturated carbocycles. The van der Waals surface area contributed by atoms with Crippen LogP contribution in [0.3, 0.4) is 0 Å². The summed E-state index contributed by atoms with van der Waals surface area (Å²) >= 11 is 0. The predicted octanol–water partition coefficient (Wildman–Crippen LogP) is 2.09. The van der Waals surface area contributed by atoms with Crippen LogP contribution in [-0.4, -0.2) is 46.1 Å². The lowest BCUT2D eigenvalue weighted by Gasteiger charge is -2.17. The Labute approximate surface area is 173 Å². The largest absolute Gasteiger partial charge is 0.494 e. The van der Waals surface area contributed by atoms with Crippen LogP contribution in [0.25, 0.3) is 0 Å². The Bertz CT molecular complexity index is 1030. The van der Waals surface area contributed by atoms with Crippen molar-refractivity contribution in [2.24, 2.45) is 5.73 Å². The smallest absolute Gasteiger partial charge is 0.231 e. The van der Waals surface area contributed by atoms with Crippen LogP contribution in [0, 0.1) is 5.82 Å². The van der Waals surface area contributed by atoms with Crippen LogP contribution in [0.1, 0.15) is 35.6 Å². The van der Waals surface area contributed by atoms with E-state index in [-0.39, 0.29) is 5.75 Å². The monoisotopic (exact) mass is 410 g/mol. The minimum Gasteiger partial charge on any atom is -0.494 e. The summed E-state index contributed by atoms with van der Waals surface area (Å²) in [5, 5.41) is 8.65. The minimum atomic E-state index is -0.748. The molecule has 0 bridgehead atoms. The fourth-order valence-corrected chi connectivity index (χ4v) is 3.67. The van der Waals surface area contributed by atoms with Gasteiger partial charge in [-0.05, 0) is 42.2 Å². The number of halogens is 1. The lowest BCUT2D eigenvalue weighted by molar-refractivity contribution is -0.118. The zero-order valence-corrected chi connectivity index (χ0v) is 16.7. The number of benzene rings is 1. The summed E-state index contributed by atoms with van der Waals surface area (Å²) in [4.78, 5) is 20.3. The van der Waals surface area contributed by atoms with Crippen molar-refractivity contribution in [3.8, 4) is 5.75 Å². The number of nitrogens with zero attached hydrogens (tertiary/aromatic N) is 5. The molecule has 1 aliphatic heterocycles. The van der Waals surface area contributed by atoms with Crippen molar-refractivity contribution in [3.63, 3.8) is 0 Å². The van der Waals surface area contributed by atoms with E-state index in [0.717, 1.165) is 37.3 Å². The average Bonchev–Trinajstić information content (AvgIpc) is 3.43. The number of methoxy groups -OCH3 is 1. The molecular weight excluding hydrogens is 387 g/mol. The van der Waals surface area contributed by atoms with Crippen LogP contribution in [0.15, 0.2) is 42.7 Å². The maximum absolute atomic E-state index is 13.6. The van der Waals surface area contributed by atoms with Crippen molar-refractivity contribution in [3.05, 3.63) is 65.4 Å². The molecule has 8 nitrogen and oxygen atoms in total. The van der Waals surface area contributed by atoms with Crippen molar-refractivity contribution in [2.75, 3.05) is 25.1 Å². The number of amides is 1. The number of hydrogen-bond acceptors (Lipinski definition) is 6. The third-order valence-electron chi connectivity index (χ3n) is 5.21. The van der Waals surface area contributed by atoms with Gasteiger partial charge in [0.1, 0.15) is 11.7 Å². The van der Waals surface area contributed by atoms with E-state index in [9.17, 15) is 9.18 Å². The van der Waals surface area contributed by atoms with Gasteiger partial charge >= 0.3 is 0 Å². The molecular formula is C21H23FN6O2. The number of ether oxygens (including phenoxy) is 1. The van der Waals surface area contributed by atoms with Gasteiger partial charge in [-0.25, -0.2) is 9.37 Å². The fourth-order valence-electron chi connectivity index (χ4n) is 3.67. The van der Waals surface area contributed by atoms with Gasteiger partial charge in [-0.3, -0.25) is 4.79 Å². The Morgan fingerprint density at radius 3 is 2.70 bits per heavy atom. The van der Waals surface area contributed by atoms with Crippen molar-refractivity contribution < 1.29 is 13.9 Å². The third-order valence-corrected chi connectivity index (χ3v) is 5.21. The van der Waals surface area contributed by atoms with Crippen molar-refractivity contribution in [2.45, 2.75) is 25.3 Å². The van der Waals surface area contributed by atoms with Gasteiger partial charge in [-0.1, -0.05) is 12.1 Å². The first-order valence-corrected chi connectivity index (χ1v) is 9.78. The number of pyridine rings is 1. The second-order valence-electron chi connectivity index (χ2n) is 7.25. The number of hydrogen-bond donors (Lipinski definition) is 1. The molecule has 1 aromatic carbocycles. The number of rotatable bonds is 7. The number of anilines is 1. The molecule has 3 heterocycles. The molecule has 2 aromatic heterocycles. The summed E-state index contributed by atoms with van der Waals surface area (Å²) in [6.45, 7) is 2.29. The van der Waals surface area contributed by atoms with Gasteiger partial charge in [-0.15, -0.1) is 0 Å². The fraction of sp³-hybridized carbons (Fsp3) is 0.333. The van der Waals surface area contributed by atoms with Crippen LogP contribution < -0.4 is 15.4 Å². The summed E-state index contributed by atoms with van der Waals surface area (Å²) in [6, 6.07) is 8.32. The maximum Gasteiger partial charge on any atom is 0.231 e. The number of aromatic nitrogens is 4. The average molecular weight is 410 g/mol. The molecule has 1 unspecified atom stereocenters. The minimum absolute atomic E-state index is 0.152. The molecule has 156 valence electrons. The molecule has 4 rings (SSSR count). The van der Waals surface area contributed by atoms with Gasteiger partial charge in [0.15, 0.2) is 11.6 Å². The highest BCUT2D eigenvalue weighted by molar-refractivity contribution is 5.84. The summed E-state index contributed by atoms with van der Waals surface area (Å²) < 4.78 is 18.6. The van der Waals surface area contributed by atoms with Crippen molar-refractivity contribution >= 4 is 11.7 Å². The molecule has 1 fully saturated rings. The van der Waals surface area contributed by atoms with Gasteiger partial charge in [0, 0.05) is 19.3 Å². The molecule has 3 aromatic rings. The molecule has 30 heavy (non-hydrogen) atoms. The Hall–Kier alpha value is -3.49. The zero-order chi connectivity index (χ0) is 21.1. The second-order valence-corrected chi connectivity index (χ2v) is 7.25. The van der Waals surface area contributed by atoms with Gasteiger partial charge in [0.25, 0.3) is 0 Å². The lowest BCUT2D eigenvalue weighted by atomic mass is 9.97. The van der Waals surface area contributed by atoms with Crippen LogP contribution in [0.4, 0.5) is 10.2 Å². The van der Waals surface area contributed by atoms with E-state index < -0.39 is 17.6 Å². The highest BCUT2D eigenvalue weighted by Crippen LogP contribution is 2.25. The third kappa shape index (κ3) is 4.10. The van der Waals surface area contributed by atoms with Gasteiger partial charge in [0.2, 0.25) is 5.91 Å². The van der Waals surface area contributed by atoms with Gasteiger partial charge < -0.3 is 15.4 Å². The second kappa shape index (κ2) is 8.48. The van der Waals surface area contributed by atoms with Crippen LogP contribution in [0.2, 0.25) is 0 Å². The van der Waals surface area contributed by atoms with E-state index in [0.29, 0.717) is 17.8 Å². The molecule has 1 aliphatic rings. The quantitative estimate of drug-likeness (QED) is 0.640. The summed E-state index contributed by atoms with van der Waals surface area (Å²) in [7, 11) is 1.41. The lowest BCUT2D eigenvalue weighted by Crippen LogP contribution is -2.24. The maximum atomic E-state index is 13.6. The van der Waals surface area contributed by atoms with Crippen LogP contribution >= 0.6 is 0 Å². The first-order valence-electron chi connectivity index (χ1n) is 9.78. The normalized spacial score (nSPS) is 14.7. The van der Waals surface area contributed by atoms with E-state index >= 15 is 0 Å². The molecule has 9 heteroatoms. The molecule has 0 radical (unpaired) electrons. The van der Waals surface area contributed by atoms with Gasteiger partial charge in [-0.2, -0.15) is 15.0 Å². The van der Waals surface area contributed by atoms with E-state index in [1.165, 1.54) is 24.2 Å². The molecule has 2 N–H and O–H groups in total. The van der Waals surface area contributed by atoms with E-state index in [2.05, 4.69) is 20.1 Å². The van der Waals surface area contributed by atoms with Crippen molar-refractivity contribution in [1.82, 2.24) is 20.0 Å². The van der Waals surface area contributed by atoms with Crippen LogP contribution in [-0.2, 0) is 11.3 Å². The van der Waals surface area contributed by atoms with Crippen LogP contribution in [0.5, 0.6) is 5.75 Å². The highest BCUT2D eigenvalue weighted by atomic mass is 19.1. The van der Waals surface area contributed by atoms with E-state index in [1.54, 1.807) is 18.3 Å². The molecule has 1 saturated heterocycles.